The highest BCUT2D eigenvalue weighted by Crippen LogP contribution is 2.44. The van der Waals surface area contributed by atoms with Crippen LogP contribution in [0.4, 0.5) is 4.79 Å². The molecule has 0 fully saturated rings. The summed E-state index contributed by atoms with van der Waals surface area (Å²) in [5.74, 6) is -2.29. The lowest BCUT2D eigenvalue weighted by Crippen LogP contribution is -2.56. The molecule has 176 valence electrons. The van der Waals surface area contributed by atoms with Crippen molar-refractivity contribution in [2.75, 3.05) is 6.61 Å². The molecule has 2 amide bonds. The van der Waals surface area contributed by atoms with Gasteiger partial charge in [-0.3, -0.25) is 9.59 Å². The Hall–Kier alpha value is -3.35. The molecular weight excluding hydrogens is 420 g/mol. The van der Waals surface area contributed by atoms with Crippen LogP contribution in [0.2, 0.25) is 0 Å². The fraction of sp³-hybridized carbons (Fsp3) is 0.423. The smallest absolute Gasteiger partial charge is 0.407 e. The fourth-order valence-electron chi connectivity index (χ4n) is 4.08. The van der Waals surface area contributed by atoms with Crippen molar-refractivity contribution in [3.63, 3.8) is 0 Å². The minimum absolute atomic E-state index is 0.0819. The number of carboxylic acid groups (broad SMARTS) is 1. The Bertz CT molecular complexity index is 997. The highest BCUT2D eigenvalue weighted by Gasteiger charge is 2.36. The van der Waals surface area contributed by atoms with E-state index >= 15 is 0 Å². The molecule has 1 aliphatic rings. The van der Waals surface area contributed by atoms with E-state index in [4.69, 9.17) is 4.74 Å². The summed E-state index contributed by atoms with van der Waals surface area (Å²) in [6.45, 7) is 8.78. The molecule has 0 spiro atoms. The van der Waals surface area contributed by atoms with Crippen LogP contribution in [0.1, 0.15) is 51.7 Å². The van der Waals surface area contributed by atoms with E-state index in [1.54, 1.807) is 6.92 Å². The van der Waals surface area contributed by atoms with E-state index in [0.717, 1.165) is 22.3 Å². The third kappa shape index (κ3) is 5.35. The Morgan fingerprint density at radius 1 is 0.939 bits per heavy atom. The monoisotopic (exact) mass is 452 g/mol. The lowest BCUT2D eigenvalue weighted by molar-refractivity contribution is -0.142. The van der Waals surface area contributed by atoms with Crippen molar-refractivity contribution < 1.29 is 24.2 Å². The zero-order valence-electron chi connectivity index (χ0n) is 19.7. The van der Waals surface area contributed by atoms with Crippen molar-refractivity contribution in [3.05, 3.63) is 59.7 Å². The standard InChI is InChI=1S/C26H32N2O5/c1-15(24(30)31)16(2)27-23(29)22(26(3,4)5)28-25(32)33-14-21-19-12-8-6-10-17(19)18-11-7-9-13-20(18)21/h6-13,15-16,21-22H,14H2,1-5H3,(H,27,29)(H,28,32)(H,30,31)/t15?,16?,22-/m0/s1. The Labute approximate surface area is 194 Å². The van der Waals surface area contributed by atoms with Crippen molar-refractivity contribution in [1.29, 1.82) is 0 Å². The highest BCUT2D eigenvalue weighted by atomic mass is 16.5. The zero-order chi connectivity index (χ0) is 24.3. The van der Waals surface area contributed by atoms with Gasteiger partial charge >= 0.3 is 12.1 Å². The number of carbonyl (C=O) groups excluding carboxylic acids is 2. The number of carboxylic acids is 1. The van der Waals surface area contributed by atoms with Gasteiger partial charge in [-0.15, -0.1) is 0 Å². The predicted octanol–water partition coefficient (Wildman–Crippen LogP) is 4.17. The van der Waals surface area contributed by atoms with Gasteiger partial charge in [-0.2, -0.15) is 0 Å². The van der Waals surface area contributed by atoms with Gasteiger partial charge in [-0.1, -0.05) is 69.3 Å². The van der Waals surface area contributed by atoms with Crippen molar-refractivity contribution >= 4 is 18.0 Å². The molecule has 0 radical (unpaired) electrons. The number of aliphatic carboxylic acids is 1. The number of ether oxygens (including phenoxy) is 1. The molecule has 0 saturated heterocycles. The second kappa shape index (κ2) is 9.65. The van der Waals surface area contributed by atoms with E-state index in [2.05, 4.69) is 22.8 Å². The number of fused-ring (bicyclic) bond motifs is 3. The number of amides is 2. The van der Waals surface area contributed by atoms with Crippen LogP contribution in [0.5, 0.6) is 0 Å². The second-order valence-electron chi connectivity index (χ2n) is 9.69. The molecule has 7 heteroatoms. The average molecular weight is 453 g/mol. The number of carbonyl (C=O) groups is 3. The normalized spacial score (nSPS) is 15.5. The maximum atomic E-state index is 12.9. The molecule has 3 N–H and O–H groups in total. The Balaban J connectivity index is 1.68. The van der Waals surface area contributed by atoms with Crippen LogP contribution in [0.15, 0.2) is 48.5 Å². The van der Waals surface area contributed by atoms with E-state index in [-0.39, 0.29) is 12.5 Å². The molecule has 1 aliphatic carbocycles. The SMILES string of the molecule is CC(NC(=O)[C@H](NC(=O)OCC1c2ccccc2-c2ccccc21)C(C)(C)C)C(C)C(=O)O. The molecule has 3 atom stereocenters. The number of rotatable bonds is 7. The van der Waals surface area contributed by atoms with Gasteiger partial charge < -0.3 is 20.5 Å². The molecule has 0 heterocycles. The number of hydrogen-bond acceptors (Lipinski definition) is 4. The van der Waals surface area contributed by atoms with Crippen LogP contribution in [-0.2, 0) is 14.3 Å². The first-order chi connectivity index (χ1) is 15.5. The summed E-state index contributed by atoms with van der Waals surface area (Å²) in [5.41, 5.74) is 3.87. The lowest BCUT2D eigenvalue weighted by atomic mass is 9.86. The molecule has 0 aliphatic heterocycles. The first-order valence-corrected chi connectivity index (χ1v) is 11.2. The molecule has 0 aromatic heterocycles. The molecule has 2 aromatic carbocycles. The quantitative estimate of drug-likeness (QED) is 0.585. The summed E-state index contributed by atoms with van der Waals surface area (Å²) >= 11 is 0. The Morgan fingerprint density at radius 3 is 1.94 bits per heavy atom. The summed E-state index contributed by atoms with van der Waals surface area (Å²) < 4.78 is 5.58. The molecule has 2 unspecified atom stereocenters. The van der Waals surface area contributed by atoms with Crippen molar-refractivity contribution in [3.8, 4) is 11.1 Å². The third-order valence-electron chi connectivity index (χ3n) is 6.24. The minimum Gasteiger partial charge on any atom is -0.481 e. The van der Waals surface area contributed by atoms with Gasteiger partial charge in [0.2, 0.25) is 5.91 Å². The Morgan fingerprint density at radius 2 is 1.45 bits per heavy atom. The second-order valence-corrected chi connectivity index (χ2v) is 9.69. The van der Waals surface area contributed by atoms with E-state index in [1.165, 1.54) is 6.92 Å². The molecule has 3 rings (SSSR count). The van der Waals surface area contributed by atoms with Crippen LogP contribution >= 0.6 is 0 Å². The maximum Gasteiger partial charge on any atom is 0.407 e. The third-order valence-corrected chi connectivity index (χ3v) is 6.24. The minimum atomic E-state index is -1.00. The van der Waals surface area contributed by atoms with Gasteiger partial charge in [-0.25, -0.2) is 4.79 Å². The van der Waals surface area contributed by atoms with E-state index < -0.39 is 41.4 Å². The molecule has 7 nitrogen and oxygen atoms in total. The Kier molecular flexibility index (Phi) is 7.10. The van der Waals surface area contributed by atoms with Crippen LogP contribution in [0.3, 0.4) is 0 Å². The van der Waals surface area contributed by atoms with Gasteiger partial charge in [0.1, 0.15) is 12.6 Å². The summed E-state index contributed by atoms with van der Waals surface area (Å²) in [6.07, 6.45) is -0.689. The summed E-state index contributed by atoms with van der Waals surface area (Å²) in [7, 11) is 0. The van der Waals surface area contributed by atoms with Gasteiger partial charge in [0.25, 0.3) is 0 Å². The summed E-state index contributed by atoms with van der Waals surface area (Å²) in [5, 5.41) is 14.6. The fourth-order valence-corrected chi connectivity index (χ4v) is 4.08. The number of alkyl carbamates (subject to hydrolysis) is 1. The summed E-state index contributed by atoms with van der Waals surface area (Å²) in [6, 6.07) is 14.6. The number of hydrogen-bond donors (Lipinski definition) is 3. The average Bonchev–Trinajstić information content (AvgIpc) is 3.08. The van der Waals surface area contributed by atoms with E-state index in [0.29, 0.717) is 0 Å². The van der Waals surface area contributed by atoms with Crippen LogP contribution in [0.25, 0.3) is 11.1 Å². The maximum absolute atomic E-state index is 12.9. The predicted molar refractivity (Wildman–Crippen MR) is 126 cm³/mol. The van der Waals surface area contributed by atoms with Gasteiger partial charge in [0, 0.05) is 12.0 Å². The molecular formula is C26H32N2O5. The van der Waals surface area contributed by atoms with Gasteiger partial charge in [-0.05, 0) is 41.5 Å². The van der Waals surface area contributed by atoms with Crippen molar-refractivity contribution in [2.24, 2.45) is 11.3 Å². The van der Waals surface area contributed by atoms with Crippen LogP contribution in [-0.4, -0.2) is 41.8 Å². The van der Waals surface area contributed by atoms with Crippen LogP contribution < -0.4 is 10.6 Å². The van der Waals surface area contributed by atoms with E-state index in [1.807, 2.05) is 57.2 Å². The zero-order valence-corrected chi connectivity index (χ0v) is 19.7. The first kappa shape index (κ1) is 24.3. The summed E-state index contributed by atoms with van der Waals surface area (Å²) in [4.78, 5) is 36.8. The molecule has 0 saturated carbocycles. The largest absolute Gasteiger partial charge is 0.481 e. The van der Waals surface area contributed by atoms with Gasteiger partial charge in [0.15, 0.2) is 0 Å². The highest BCUT2D eigenvalue weighted by molar-refractivity contribution is 5.87. The van der Waals surface area contributed by atoms with E-state index in [9.17, 15) is 19.5 Å². The molecule has 33 heavy (non-hydrogen) atoms. The molecule has 2 aromatic rings. The lowest BCUT2D eigenvalue weighted by Gasteiger charge is -2.31. The topological polar surface area (TPSA) is 105 Å². The van der Waals surface area contributed by atoms with Crippen molar-refractivity contribution in [2.45, 2.75) is 52.6 Å². The van der Waals surface area contributed by atoms with Crippen molar-refractivity contribution in [1.82, 2.24) is 10.6 Å². The first-order valence-electron chi connectivity index (χ1n) is 11.2. The molecule has 0 bridgehead atoms. The van der Waals surface area contributed by atoms with Crippen LogP contribution in [0, 0.1) is 11.3 Å². The number of benzene rings is 2. The van der Waals surface area contributed by atoms with Gasteiger partial charge in [0.05, 0.1) is 5.92 Å². The number of nitrogens with one attached hydrogen (secondary N) is 2.